The van der Waals surface area contributed by atoms with Crippen LogP contribution in [0.25, 0.3) is 0 Å². The van der Waals surface area contributed by atoms with Crippen molar-refractivity contribution in [1.82, 2.24) is 9.97 Å². The van der Waals surface area contributed by atoms with Gasteiger partial charge in [-0.25, -0.2) is 9.97 Å². The van der Waals surface area contributed by atoms with Gasteiger partial charge in [0.1, 0.15) is 11.6 Å². The lowest BCUT2D eigenvalue weighted by molar-refractivity contribution is -0.118. The summed E-state index contributed by atoms with van der Waals surface area (Å²) in [6, 6.07) is 0. The second-order valence-electron chi connectivity index (χ2n) is 3.22. The Hall–Kier alpha value is -1.45. The summed E-state index contributed by atoms with van der Waals surface area (Å²) in [6.07, 6.45) is 3.13. The number of aryl methyl sites for hydroxylation is 2. The van der Waals surface area contributed by atoms with E-state index < -0.39 is 0 Å². The average Bonchev–Trinajstić information content (AvgIpc) is 2.12. The lowest BCUT2D eigenvalue weighted by atomic mass is 10.1. The van der Waals surface area contributed by atoms with E-state index in [1.54, 1.807) is 18.1 Å². The predicted molar refractivity (Wildman–Crippen MR) is 48.5 cm³/mol. The van der Waals surface area contributed by atoms with Gasteiger partial charge in [-0.1, -0.05) is 0 Å². The quantitative estimate of drug-likeness (QED) is 0.585. The highest BCUT2D eigenvalue weighted by Gasteiger charge is 2.22. The Morgan fingerprint density at radius 3 is 3.00 bits per heavy atom. The number of hydrogen-bond acceptors (Lipinski definition) is 3. The molecular formula is C9H11N3O. The zero-order chi connectivity index (χ0) is 9.42. The molecule has 0 fully saturated rings. The van der Waals surface area contributed by atoms with Crippen molar-refractivity contribution in [3.05, 3.63) is 17.6 Å². The summed E-state index contributed by atoms with van der Waals surface area (Å²) < 4.78 is 0. The van der Waals surface area contributed by atoms with E-state index in [0.717, 1.165) is 17.8 Å². The van der Waals surface area contributed by atoms with E-state index in [1.807, 2.05) is 6.92 Å². The molecule has 1 aromatic rings. The number of carbonyl (C=O) groups is 1. The van der Waals surface area contributed by atoms with Gasteiger partial charge in [-0.05, 0) is 13.3 Å². The third kappa shape index (κ3) is 1.28. The van der Waals surface area contributed by atoms with Crippen LogP contribution in [0.5, 0.6) is 0 Å². The highest BCUT2D eigenvalue weighted by Crippen LogP contribution is 2.23. The number of rotatable bonds is 0. The van der Waals surface area contributed by atoms with E-state index in [2.05, 4.69) is 9.97 Å². The van der Waals surface area contributed by atoms with Crippen molar-refractivity contribution in [3.8, 4) is 0 Å². The molecule has 0 N–H and O–H groups in total. The molecule has 0 atom stereocenters. The molecule has 0 radical (unpaired) electrons. The third-order valence-electron chi connectivity index (χ3n) is 2.26. The molecule has 2 rings (SSSR count). The molecule has 13 heavy (non-hydrogen) atoms. The molecule has 0 bridgehead atoms. The normalized spacial score (nSPS) is 15.8. The number of amides is 1. The van der Waals surface area contributed by atoms with Crippen LogP contribution in [0.2, 0.25) is 0 Å². The number of carbonyl (C=O) groups excluding carboxylic acids is 1. The maximum Gasteiger partial charge on any atom is 0.228 e. The van der Waals surface area contributed by atoms with E-state index in [9.17, 15) is 4.79 Å². The average molecular weight is 177 g/mol. The van der Waals surface area contributed by atoms with Crippen LogP contribution in [0.3, 0.4) is 0 Å². The molecule has 1 amide bonds. The van der Waals surface area contributed by atoms with E-state index in [0.29, 0.717) is 12.2 Å². The van der Waals surface area contributed by atoms with Gasteiger partial charge in [0.2, 0.25) is 5.91 Å². The molecule has 0 unspecified atom stereocenters. The van der Waals surface area contributed by atoms with Gasteiger partial charge in [0, 0.05) is 25.2 Å². The molecule has 0 saturated carbocycles. The minimum atomic E-state index is 0.130. The van der Waals surface area contributed by atoms with Crippen molar-refractivity contribution in [2.75, 3.05) is 11.9 Å². The lowest BCUT2D eigenvalue weighted by Gasteiger charge is -2.23. The third-order valence-corrected chi connectivity index (χ3v) is 2.26. The standard InChI is InChI=1S/C9H11N3O/c1-6-10-5-7-3-4-8(13)12(2)9(7)11-6/h5H,3-4H2,1-2H3. The molecule has 0 aromatic carbocycles. The second kappa shape index (κ2) is 2.80. The van der Waals surface area contributed by atoms with Crippen LogP contribution in [0.15, 0.2) is 6.20 Å². The van der Waals surface area contributed by atoms with E-state index in [4.69, 9.17) is 0 Å². The van der Waals surface area contributed by atoms with Gasteiger partial charge < -0.3 is 0 Å². The Bertz CT molecular complexity index is 362. The van der Waals surface area contributed by atoms with Crippen molar-refractivity contribution >= 4 is 11.7 Å². The van der Waals surface area contributed by atoms with Crippen LogP contribution in [0, 0.1) is 6.92 Å². The van der Waals surface area contributed by atoms with Crippen molar-refractivity contribution in [2.45, 2.75) is 19.8 Å². The second-order valence-corrected chi connectivity index (χ2v) is 3.22. The van der Waals surface area contributed by atoms with E-state index in [1.165, 1.54) is 0 Å². The fourth-order valence-electron chi connectivity index (χ4n) is 1.48. The predicted octanol–water partition coefficient (Wildman–Crippen LogP) is 0.694. The Morgan fingerprint density at radius 1 is 1.46 bits per heavy atom. The molecule has 0 spiro atoms. The fourth-order valence-corrected chi connectivity index (χ4v) is 1.48. The van der Waals surface area contributed by atoms with Crippen LogP contribution in [0.4, 0.5) is 5.82 Å². The summed E-state index contributed by atoms with van der Waals surface area (Å²) in [5, 5.41) is 0. The first kappa shape index (κ1) is 8.16. The number of nitrogens with zero attached hydrogens (tertiary/aromatic N) is 3. The van der Waals surface area contributed by atoms with Gasteiger partial charge in [-0.2, -0.15) is 0 Å². The Morgan fingerprint density at radius 2 is 2.23 bits per heavy atom. The van der Waals surface area contributed by atoms with Gasteiger partial charge >= 0.3 is 0 Å². The topological polar surface area (TPSA) is 46.1 Å². The highest BCUT2D eigenvalue weighted by molar-refractivity contribution is 5.94. The van der Waals surface area contributed by atoms with Gasteiger partial charge in [-0.15, -0.1) is 0 Å². The first-order valence-electron chi connectivity index (χ1n) is 4.27. The first-order valence-corrected chi connectivity index (χ1v) is 4.27. The Balaban J connectivity index is 2.51. The minimum Gasteiger partial charge on any atom is -0.300 e. The number of aromatic nitrogens is 2. The molecule has 4 heteroatoms. The molecule has 1 aromatic heterocycles. The Kier molecular flexibility index (Phi) is 1.76. The van der Waals surface area contributed by atoms with Gasteiger partial charge in [0.15, 0.2) is 0 Å². The SMILES string of the molecule is Cc1ncc2c(n1)N(C)C(=O)CC2. The smallest absolute Gasteiger partial charge is 0.228 e. The van der Waals surface area contributed by atoms with E-state index in [-0.39, 0.29) is 5.91 Å². The van der Waals surface area contributed by atoms with Crippen LogP contribution in [-0.4, -0.2) is 22.9 Å². The zero-order valence-electron chi connectivity index (χ0n) is 7.74. The summed E-state index contributed by atoms with van der Waals surface area (Å²) in [4.78, 5) is 21.3. The van der Waals surface area contributed by atoms with Gasteiger partial charge in [0.05, 0.1) is 0 Å². The fraction of sp³-hybridized carbons (Fsp3) is 0.444. The molecule has 4 nitrogen and oxygen atoms in total. The summed E-state index contributed by atoms with van der Waals surface area (Å²) in [5.74, 6) is 1.61. The largest absolute Gasteiger partial charge is 0.300 e. The van der Waals surface area contributed by atoms with Crippen molar-refractivity contribution in [3.63, 3.8) is 0 Å². The lowest BCUT2D eigenvalue weighted by Crippen LogP contribution is -2.32. The summed E-state index contributed by atoms with van der Waals surface area (Å²) in [7, 11) is 1.76. The minimum absolute atomic E-state index is 0.130. The molecular weight excluding hydrogens is 166 g/mol. The Labute approximate surface area is 76.6 Å². The summed E-state index contributed by atoms with van der Waals surface area (Å²) in [5.41, 5.74) is 1.06. The summed E-state index contributed by atoms with van der Waals surface area (Å²) >= 11 is 0. The number of fused-ring (bicyclic) bond motifs is 1. The maximum absolute atomic E-state index is 11.3. The van der Waals surface area contributed by atoms with Crippen molar-refractivity contribution < 1.29 is 4.79 Å². The highest BCUT2D eigenvalue weighted by atomic mass is 16.2. The van der Waals surface area contributed by atoms with E-state index >= 15 is 0 Å². The molecule has 68 valence electrons. The first-order chi connectivity index (χ1) is 6.18. The maximum atomic E-state index is 11.3. The van der Waals surface area contributed by atoms with Crippen LogP contribution in [0.1, 0.15) is 17.8 Å². The van der Waals surface area contributed by atoms with Crippen LogP contribution >= 0.6 is 0 Å². The van der Waals surface area contributed by atoms with Gasteiger partial charge in [0.25, 0.3) is 0 Å². The van der Waals surface area contributed by atoms with Crippen LogP contribution in [-0.2, 0) is 11.2 Å². The van der Waals surface area contributed by atoms with Crippen molar-refractivity contribution in [1.29, 1.82) is 0 Å². The zero-order valence-corrected chi connectivity index (χ0v) is 7.74. The summed E-state index contributed by atoms with van der Waals surface area (Å²) in [6.45, 7) is 1.83. The number of anilines is 1. The molecule has 2 heterocycles. The molecule has 1 aliphatic rings. The molecule has 1 aliphatic heterocycles. The molecule has 0 aliphatic carbocycles. The number of hydrogen-bond donors (Lipinski definition) is 0. The van der Waals surface area contributed by atoms with Gasteiger partial charge in [-0.3, -0.25) is 9.69 Å². The van der Waals surface area contributed by atoms with Crippen LogP contribution < -0.4 is 4.90 Å². The monoisotopic (exact) mass is 177 g/mol. The van der Waals surface area contributed by atoms with Crippen molar-refractivity contribution in [2.24, 2.45) is 0 Å². The molecule has 0 saturated heterocycles.